The van der Waals surface area contributed by atoms with E-state index >= 15 is 0 Å². The van der Waals surface area contributed by atoms with Gasteiger partial charge in [-0.2, -0.15) is 0 Å². The fourth-order valence-corrected chi connectivity index (χ4v) is 1.46. The summed E-state index contributed by atoms with van der Waals surface area (Å²) < 4.78 is 0. The van der Waals surface area contributed by atoms with Crippen molar-refractivity contribution in [2.75, 3.05) is 7.05 Å². The van der Waals surface area contributed by atoms with Crippen LogP contribution in [0.1, 0.15) is 25.7 Å². The molecular weight excluding hydrogens is 138 g/mol. The molecule has 0 amide bonds. The molecule has 2 heteroatoms. The van der Waals surface area contributed by atoms with Crippen LogP contribution in [0.25, 0.3) is 0 Å². The second-order valence-corrected chi connectivity index (χ2v) is 2.99. The highest BCUT2D eigenvalue weighted by Gasteiger charge is 2.41. The highest BCUT2D eigenvalue weighted by Crippen LogP contribution is 2.32. The molecular formula is C9H13NO. The summed E-state index contributed by atoms with van der Waals surface area (Å²) in [6.07, 6.45) is 8.36. The minimum Gasteiger partial charge on any atom is -0.308 e. The van der Waals surface area contributed by atoms with Crippen molar-refractivity contribution in [1.82, 2.24) is 5.32 Å². The number of terminal acetylenes is 1. The van der Waals surface area contributed by atoms with Gasteiger partial charge in [-0.1, -0.05) is 5.92 Å². The van der Waals surface area contributed by atoms with Gasteiger partial charge in [-0.05, 0) is 26.3 Å². The molecule has 0 spiro atoms. The summed E-state index contributed by atoms with van der Waals surface area (Å²) in [5.41, 5.74) is -0.258. The smallest absolute Gasteiger partial charge is 0.164 e. The number of hydrogen-bond acceptors (Lipinski definition) is 2. The van der Waals surface area contributed by atoms with Crippen LogP contribution in [0, 0.1) is 12.3 Å². The molecule has 0 radical (unpaired) electrons. The maximum absolute atomic E-state index is 11.4. The van der Waals surface area contributed by atoms with Gasteiger partial charge in [0.15, 0.2) is 5.78 Å². The van der Waals surface area contributed by atoms with E-state index in [1.807, 2.05) is 7.05 Å². The molecule has 2 nitrogen and oxygen atoms in total. The van der Waals surface area contributed by atoms with E-state index < -0.39 is 0 Å². The Morgan fingerprint density at radius 3 is 2.64 bits per heavy atom. The van der Waals surface area contributed by atoms with Crippen molar-refractivity contribution >= 4 is 5.78 Å². The van der Waals surface area contributed by atoms with Crippen LogP contribution in [0.4, 0.5) is 0 Å². The van der Waals surface area contributed by atoms with Crippen LogP contribution < -0.4 is 5.32 Å². The van der Waals surface area contributed by atoms with Gasteiger partial charge in [0.25, 0.3) is 0 Å². The molecule has 0 heterocycles. The van der Waals surface area contributed by atoms with Crippen molar-refractivity contribution in [3.05, 3.63) is 0 Å². The van der Waals surface area contributed by atoms with Crippen molar-refractivity contribution < 1.29 is 4.79 Å². The van der Waals surface area contributed by atoms with Gasteiger partial charge in [-0.25, -0.2) is 0 Å². The minimum atomic E-state index is -0.258. The first-order valence-electron chi connectivity index (χ1n) is 3.91. The van der Waals surface area contributed by atoms with Gasteiger partial charge >= 0.3 is 0 Å². The molecule has 1 rings (SSSR count). The average Bonchev–Trinajstić information content (AvgIpc) is 1.87. The predicted molar refractivity (Wildman–Crippen MR) is 44.1 cm³/mol. The topological polar surface area (TPSA) is 29.1 Å². The maximum Gasteiger partial charge on any atom is 0.164 e. The lowest BCUT2D eigenvalue weighted by atomic mass is 9.73. The van der Waals surface area contributed by atoms with E-state index in [0.29, 0.717) is 0 Å². The largest absolute Gasteiger partial charge is 0.308 e. The zero-order chi connectivity index (χ0) is 8.32. The summed E-state index contributed by atoms with van der Waals surface area (Å²) in [5, 5.41) is 3.05. The molecule has 0 aromatic heterocycles. The molecule has 0 bridgehead atoms. The third kappa shape index (κ3) is 1.29. The Balaban J connectivity index is 2.56. The third-order valence-corrected chi connectivity index (χ3v) is 2.48. The maximum atomic E-state index is 11.4. The summed E-state index contributed by atoms with van der Waals surface area (Å²) in [5.74, 6) is 2.56. The highest BCUT2D eigenvalue weighted by molar-refractivity contribution is 5.91. The summed E-state index contributed by atoms with van der Waals surface area (Å²) >= 11 is 0. The van der Waals surface area contributed by atoms with Crippen LogP contribution in [-0.2, 0) is 4.79 Å². The Hall–Kier alpha value is -0.810. The minimum absolute atomic E-state index is 0.175. The predicted octanol–water partition coefficient (Wildman–Crippen LogP) is 0.721. The summed E-state index contributed by atoms with van der Waals surface area (Å²) in [6.45, 7) is 0. The molecule has 0 saturated heterocycles. The van der Waals surface area contributed by atoms with E-state index in [-0.39, 0.29) is 17.7 Å². The first kappa shape index (κ1) is 8.29. The lowest BCUT2D eigenvalue weighted by Gasteiger charge is -2.39. The van der Waals surface area contributed by atoms with E-state index in [4.69, 9.17) is 6.42 Å². The SMILES string of the molecule is C#CCC(=O)C1(NC)CCC1. The molecule has 11 heavy (non-hydrogen) atoms. The zero-order valence-corrected chi connectivity index (χ0v) is 6.81. The fourth-order valence-electron chi connectivity index (χ4n) is 1.46. The van der Waals surface area contributed by atoms with Crippen molar-refractivity contribution in [3.8, 4) is 12.3 Å². The Labute approximate surface area is 67.4 Å². The van der Waals surface area contributed by atoms with Gasteiger partial charge in [0.1, 0.15) is 0 Å². The highest BCUT2D eigenvalue weighted by atomic mass is 16.1. The molecule has 1 N–H and O–H groups in total. The second-order valence-electron chi connectivity index (χ2n) is 2.99. The van der Waals surface area contributed by atoms with E-state index in [1.165, 1.54) is 0 Å². The first-order chi connectivity index (χ1) is 5.25. The van der Waals surface area contributed by atoms with Crippen LogP contribution >= 0.6 is 0 Å². The molecule has 0 aromatic carbocycles. The Kier molecular flexibility index (Phi) is 2.31. The molecule has 1 aliphatic rings. The molecule has 1 saturated carbocycles. The number of Topliss-reactive ketones (excluding diaryl/α,β-unsaturated/α-hetero) is 1. The van der Waals surface area contributed by atoms with Crippen LogP contribution in [0.15, 0.2) is 0 Å². The second kappa shape index (κ2) is 3.06. The van der Waals surface area contributed by atoms with Crippen molar-refractivity contribution in [2.24, 2.45) is 0 Å². The molecule has 0 aliphatic heterocycles. The van der Waals surface area contributed by atoms with E-state index in [9.17, 15) is 4.79 Å². The lowest BCUT2D eigenvalue weighted by Crippen LogP contribution is -2.55. The Morgan fingerprint density at radius 2 is 2.36 bits per heavy atom. The monoisotopic (exact) mass is 151 g/mol. The van der Waals surface area contributed by atoms with E-state index in [2.05, 4.69) is 11.2 Å². The van der Waals surface area contributed by atoms with Crippen molar-refractivity contribution in [1.29, 1.82) is 0 Å². The number of nitrogens with one attached hydrogen (secondary N) is 1. The fraction of sp³-hybridized carbons (Fsp3) is 0.667. The van der Waals surface area contributed by atoms with Gasteiger partial charge in [0.2, 0.25) is 0 Å². The molecule has 1 fully saturated rings. The lowest BCUT2D eigenvalue weighted by molar-refractivity contribution is -0.127. The number of rotatable bonds is 3. The zero-order valence-electron chi connectivity index (χ0n) is 6.81. The van der Waals surface area contributed by atoms with Crippen LogP contribution in [0.5, 0.6) is 0 Å². The van der Waals surface area contributed by atoms with Gasteiger partial charge in [-0.15, -0.1) is 6.42 Å². The molecule has 60 valence electrons. The standard InChI is InChI=1S/C9H13NO/c1-3-5-8(11)9(10-2)6-4-7-9/h1,10H,4-7H2,2H3. The quantitative estimate of drug-likeness (QED) is 0.602. The van der Waals surface area contributed by atoms with E-state index in [0.717, 1.165) is 19.3 Å². The molecule has 1 aliphatic carbocycles. The molecule has 0 aromatic rings. The normalized spacial score (nSPS) is 20.0. The summed E-state index contributed by atoms with van der Waals surface area (Å²) in [4.78, 5) is 11.4. The van der Waals surface area contributed by atoms with Crippen LogP contribution in [0.2, 0.25) is 0 Å². The number of likely N-dealkylation sites (N-methyl/N-ethyl adjacent to an activating group) is 1. The first-order valence-corrected chi connectivity index (χ1v) is 3.91. The third-order valence-electron chi connectivity index (χ3n) is 2.48. The average molecular weight is 151 g/mol. The van der Waals surface area contributed by atoms with Gasteiger partial charge in [0, 0.05) is 0 Å². The summed E-state index contributed by atoms with van der Waals surface area (Å²) in [6, 6.07) is 0. The van der Waals surface area contributed by atoms with Gasteiger partial charge in [0.05, 0.1) is 12.0 Å². The number of carbonyl (C=O) groups excluding carboxylic acids is 1. The molecule has 0 atom stereocenters. The van der Waals surface area contributed by atoms with E-state index in [1.54, 1.807) is 0 Å². The number of ketones is 1. The Bertz CT molecular complexity index is 193. The number of carbonyl (C=O) groups is 1. The Morgan fingerprint density at radius 1 is 1.73 bits per heavy atom. The van der Waals surface area contributed by atoms with Crippen molar-refractivity contribution in [3.63, 3.8) is 0 Å². The van der Waals surface area contributed by atoms with Crippen LogP contribution in [0.3, 0.4) is 0 Å². The summed E-state index contributed by atoms with van der Waals surface area (Å²) in [7, 11) is 1.83. The van der Waals surface area contributed by atoms with Crippen LogP contribution in [-0.4, -0.2) is 18.4 Å². The number of hydrogen-bond donors (Lipinski definition) is 1. The molecule has 0 unspecified atom stereocenters. The van der Waals surface area contributed by atoms with Gasteiger partial charge in [-0.3, -0.25) is 4.79 Å². The van der Waals surface area contributed by atoms with Gasteiger partial charge < -0.3 is 5.32 Å². The van der Waals surface area contributed by atoms with Crippen molar-refractivity contribution in [2.45, 2.75) is 31.2 Å².